The minimum Gasteiger partial charge on any atom is -0.491 e. The summed E-state index contributed by atoms with van der Waals surface area (Å²) in [5.41, 5.74) is 2.33. The number of halogens is 3. The Morgan fingerprint density at radius 3 is 2.74 bits per heavy atom. The van der Waals surface area contributed by atoms with Gasteiger partial charge in [0.05, 0.1) is 37.7 Å². The van der Waals surface area contributed by atoms with Gasteiger partial charge < -0.3 is 23.8 Å². The number of imidazole rings is 1. The normalized spacial score (nSPS) is 16.4. The van der Waals surface area contributed by atoms with E-state index < -0.39 is 11.9 Å². The van der Waals surface area contributed by atoms with Gasteiger partial charge in [-0.3, -0.25) is 4.79 Å². The van der Waals surface area contributed by atoms with Gasteiger partial charge in [0.2, 0.25) is 11.8 Å². The number of fused-ring (bicyclic) bond motifs is 4. The molecule has 3 aromatic heterocycles. The Bertz CT molecular complexity index is 1720. The molecule has 2 aliphatic heterocycles. The van der Waals surface area contributed by atoms with E-state index in [0.29, 0.717) is 52.5 Å². The van der Waals surface area contributed by atoms with Crippen LogP contribution in [0, 0.1) is 0 Å². The van der Waals surface area contributed by atoms with Crippen LogP contribution in [0.15, 0.2) is 36.9 Å². The van der Waals surface area contributed by atoms with Crippen molar-refractivity contribution < 1.29 is 27.4 Å². The second-order valence-corrected chi connectivity index (χ2v) is 10.4. The van der Waals surface area contributed by atoms with Crippen LogP contribution in [0.4, 0.5) is 24.7 Å². The maximum absolute atomic E-state index is 13.3. The maximum Gasteiger partial charge on any atom is 0.434 e. The molecule has 0 saturated heterocycles. The first kappa shape index (κ1) is 26.2. The van der Waals surface area contributed by atoms with Gasteiger partial charge in [0.1, 0.15) is 35.8 Å². The molecule has 0 unspecified atom stereocenters. The topological polar surface area (TPSA) is 111 Å². The number of alkyl halides is 3. The summed E-state index contributed by atoms with van der Waals surface area (Å²) >= 11 is 0. The fourth-order valence-corrected chi connectivity index (χ4v) is 5.36. The Labute approximate surface area is 238 Å². The molecule has 0 N–H and O–H groups in total. The van der Waals surface area contributed by atoms with Crippen molar-refractivity contribution in [3.63, 3.8) is 0 Å². The Hall–Kier alpha value is -4.75. The molecule has 5 heterocycles. The lowest BCUT2D eigenvalue weighted by molar-refractivity contribution is -0.141. The molecule has 11 nitrogen and oxygen atoms in total. The van der Waals surface area contributed by atoms with E-state index in [1.807, 2.05) is 4.90 Å². The van der Waals surface area contributed by atoms with Crippen molar-refractivity contribution in [3.05, 3.63) is 53.9 Å². The van der Waals surface area contributed by atoms with Crippen LogP contribution in [0.5, 0.6) is 11.6 Å². The molecule has 0 spiro atoms. The van der Waals surface area contributed by atoms with Crippen LogP contribution in [0.25, 0.3) is 22.8 Å². The number of carbonyl (C=O) groups excluding carboxylic acids is 1. The van der Waals surface area contributed by atoms with Gasteiger partial charge in [-0.2, -0.15) is 13.2 Å². The number of rotatable bonds is 5. The zero-order valence-electron chi connectivity index (χ0n) is 22.7. The summed E-state index contributed by atoms with van der Waals surface area (Å²) in [6, 6.07) is 5.27. The van der Waals surface area contributed by atoms with Gasteiger partial charge in [-0.1, -0.05) is 6.07 Å². The van der Waals surface area contributed by atoms with E-state index in [1.165, 1.54) is 22.9 Å². The minimum atomic E-state index is -4.54. The molecule has 0 radical (unpaired) electrons. The Balaban J connectivity index is 1.25. The lowest BCUT2D eigenvalue weighted by Gasteiger charge is -2.34. The molecule has 1 saturated carbocycles. The van der Waals surface area contributed by atoms with Gasteiger partial charge >= 0.3 is 6.18 Å². The molecule has 7 rings (SSSR count). The van der Waals surface area contributed by atoms with Crippen molar-refractivity contribution in [3.8, 4) is 34.4 Å². The standard InChI is InChI=1S/C28H25F3N8O3/c1-37-18-10-32-24(22-23(16-4-5-16)33-14-34-27(22)41-2)36-26(18)39(13-21(37)40)11-15-3-6-17-19(9-15)42-8-7-38-12-20(28(29,30)31)35-25(17)38/h3,6,9-10,12,14,16H,4-5,7-8,11,13H2,1-2H3. The molecule has 1 amide bonds. The highest BCUT2D eigenvalue weighted by atomic mass is 19.4. The second kappa shape index (κ2) is 9.67. The number of amides is 1. The van der Waals surface area contributed by atoms with Crippen LogP contribution in [-0.4, -0.2) is 62.7 Å². The SMILES string of the molecule is COc1ncnc(C2CC2)c1-c1ncc2c(n1)N(Cc1ccc3c(c1)OCCn1cc(C(F)(F)F)nc1-3)CC(=O)N2C. The number of ether oxygens (including phenoxy) is 2. The number of anilines is 2. The van der Waals surface area contributed by atoms with Gasteiger partial charge in [0, 0.05) is 25.7 Å². The first-order valence-electron chi connectivity index (χ1n) is 13.4. The first-order valence-corrected chi connectivity index (χ1v) is 13.4. The number of benzene rings is 1. The summed E-state index contributed by atoms with van der Waals surface area (Å²) in [6.45, 7) is 0.779. The van der Waals surface area contributed by atoms with Crippen LogP contribution in [-0.2, 0) is 24.1 Å². The molecule has 42 heavy (non-hydrogen) atoms. The zero-order chi connectivity index (χ0) is 29.2. The third-order valence-electron chi connectivity index (χ3n) is 7.65. The highest BCUT2D eigenvalue weighted by Gasteiger charge is 2.36. The van der Waals surface area contributed by atoms with Gasteiger partial charge in [0.15, 0.2) is 17.3 Å². The number of carbonyl (C=O) groups is 1. The van der Waals surface area contributed by atoms with Crippen LogP contribution in [0.3, 0.4) is 0 Å². The third kappa shape index (κ3) is 4.46. The lowest BCUT2D eigenvalue weighted by atomic mass is 10.1. The van der Waals surface area contributed by atoms with Crippen molar-refractivity contribution in [2.75, 3.05) is 37.1 Å². The Morgan fingerprint density at radius 1 is 1.14 bits per heavy atom. The highest BCUT2D eigenvalue weighted by Crippen LogP contribution is 2.46. The molecular formula is C28H25F3N8O3. The van der Waals surface area contributed by atoms with Crippen LogP contribution in [0.1, 0.15) is 35.7 Å². The predicted molar refractivity (Wildman–Crippen MR) is 144 cm³/mol. The molecular weight excluding hydrogens is 553 g/mol. The lowest BCUT2D eigenvalue weighted by Crippen LogP contribution is -2.44. The number of likely N-dealkylation sites (N-methyl/N-ethyl adjacent to an activating group) is 1. The van der Waals surface area contributed by atoms with E-state index in [1.54, 1.807) is 31.4 Å². The monoisotopic (exact) mass is 578 g/mol. The van der Waals surface area contributed by atoms with E-state index in [0.717, 1.165) is 30.3 Å². The van der Waals surface area contributed by atoms with Gasteiger partial charge in [-0.25, -0.2) is 24.9 Å². The van der Waals surface area contributed by atoms with Gasteiger partial charge in [0.25, 0.3) is 0 Å². The predicted octanol–water partition coefficient (Wildman–Crippen LogP) is 4.08. The molecule has 4 aromatic rings. The number of nitrogens with zero attached hydrogens (tertiary/aromatic N) is 8. The van der Waals surface area contributed by atoms with Crippen LogP contribution >= 0.6 is 0 Å². The highest BCUT2D eigenvalue weighted by molar-refractivity contribution is 6.02. The number of hydrogen-bond donors (Lipinski definition) is 0. The molecule has 1 aromatic carbocycles. The van der Waals surface area contributed by atoms with E-state index in [2.05, 4.69) is 19.9 Å². The van der Waals surface area contributed by atoms with E-state index in [9.17, 15) is 18.0 Å². The summed E-state index contributed by atoms with van der Waals surface area (Å²) in [5.74, 6) is 2.12. The molecule has 1 fully saturated rings. The van der Waals surface area contributed by atoms with Gasteiger partial charge in [-0.15, -0.1) is 0 Å². The van der Waals surface area contributed by atoms with Crippen LogP contribution in [0.2, 0.25) is 0 Å². The number of aromatic nitrogens is 6. The molecule has 216 valence electrons. The van der Waals surface area contributed by atoms with E-state index in [-0.39, 0.29) is 31.4 Å². The zero-order valence-corrected chi connectivity index (χ0v) is 22.7. The minimum absolute atomic E-state index is 0.0646. The quantitative estimate of drug-likeness (QED) is 0.346. The van der Waals surface area contributed by atoms with Crippen molar-refractivity contribution in [2.24, 2.45) is 0 Å². The fraction of sp³-hybridized carbons (Fsp3) is 0.357. The van der Waals surface area contributed by atoms with Crippen molar-refractivity contribution in [1.82, 2.24) is 29.5 Å². The fourth-order valence-electron chi connectivity index (χ4n) is 5.36. The number of hydrogen-bond acceptors (Lipinski definition) is 9. The second-order valence-electron chi connectivity index (χ2n) is 10.4. The van der Waals surface area contributed by atoms with Crippen molar-refractivity contribution in [1.29, 1.82) is 0 Å². The number of methoxy groups -OCH3 is 1. The molecule has 0 bridgehead atoms. The summed E-state index contributed by atoms with van der Waals surface area (Å²) in [6.07, 6.45) is 1.58. The Kier molecular flexibility index (Phi) is 6.02. The summed E-state index contributed by atoms with van der Waals surface area (Å²) in [7, 11) is 3.22. The smallest absolute Gasteiger partial charge is 0.434 e. The molecule has 3 aliphatic rings. The van der Waals surface area contributed by atoms with Crippen molar-refractivity contribution in [2.45, 2.75) is 38.0 Å². The van der Waals surface area contributed by atoms with Crippen molar-refractivity contribution >= 4 is 17.4 Å². The summed E-state index contributed by atoms with van der Waals surface area (Å²) in [5, 5.41) is 0. The first-order chi connectivity index (χ1) is 20.2. The van der Waals surface area contributed by atoms with E-state index in [4.69, 9.17) is 14.5 Å². The molecule has 0 atom stereocenters. The average Bonchev–Trinajstić information content (AvgIpc) is 3.76. The molecule has 1 aliphatic carbocycles. The Morgan fingerprint density at radius 2 is 1.98 bits per heavy atom. The summed E-state index contributed by atoms with van der Waals surface area (Å²) in [4.78, 5) is 38.4. The van der Waals surface area contributed by atoms with Crippen LogP contribution < -0.4 is 19.3 Å². The van der Waals surface area contributed by atoms with E-state index >= 15 is 0 Å². The van der Waals surface area contributed by atoms with Gasteiger partial charge in [-0.05, 0) is 30.5 Å². The maximum atomic E-state index is 13.3. The third-order valence-corrected chi connectivity index (χ3v) is 7.65. The average molecular weight is 579 g/mol. The largest absolute Gasteiger partial charge is 0.491 e. The molecule has 14 heteroatoms. The summed E-state index contributed by atoms with van der Waals surface area (Å²) < 4.78 is 52.9.